The van der Waals surface area contributed by atoms with Crippen LogP contribution in [0.15, 0.2) is 12.3 Å². The van der Waals surface area contributed by atoms with Gasteiger partial charge in [0.25, 0.3) is 0 Å². The Hall–Kier alpha value is -0.830. The van der Waals surface area contributed by atoms with Crippen molar-refractivity contribution in [1.82, 2.24) is 4.98 Å². The van der Waals surface area contributed by atoms with Crippen LogP contribution in [-0.4, -0.2) is 12.1 Å². The number of halogens is 2. The fourth-order valence-electron chi connectivity index (χ4n) is 0.748. The van der Waals surface area contributed by atoms with E-state index in [4.69, 9.17) is 16.3 Å². The van der Waals surface area contributed by atoms with Crippen molar-refractivity contribution in [2.75, 3.05) is 7.11 Å². The van der Waals surface area contributed by atoms with Gasteiger partial charge in [0.2, 0.25) is 5.88 Å². The van der Waals surface area contributed by atoms with E-state index >= 15 is 0 Å². The summed E-state index contributed by atoms with van der Waals surface area (Å²) in [5, 5.41) is 0. The van der Waals surface area contributed by atoms with Crippen molar-refractivity contribution in [3.63, 3.8) is 0 Å². The Balaban J connectivity index is 3.06. The van der Waals surface area contributed by atoms with Gasteiger partial charge in [-0.1, -0.05) is 0 Å². The first-order chi connectivity index (χ1) is 5.27. The van der Waals surface area contributed by atoms with Gasteiger partial charge in [0, 0.05) is 5.56 Å². The minimum Gasteiger partial charge on any atom is -0.481 e. The molecule has 0 amide bonds. The van der Waals surface area contributed by atoms with Gasteiger partial charge >= 0.3 is 0 Å². The summed E-state index contributed by atoms with van der Waals surface area (Å²) in [6.45, 7) is 0. The van der Waals surface area contributed by atoms with E-state index in [-0.39, 0.29) is 5.88 Å². The van der Waals surface area contributed by atoms with Gasteiger partial charge in [-0.15, -0.1) is 11.6 Å². The van der Waals surface area contributed by atoms with E-state index in [1.165, 1.54) is 13.2 Å². The van der Waals surface area contributed by atoms with E-state index in [1.807, 2.05) is 0 Å². The molecule has 11 heavy (non-hydrogen) atoms. The minimum absolute atomic E-state index is 0.202. The molecule has 0 fully saturated rings. The van der Waals surface area contributed by atoms with Gasteiger partial charge in [0.1, 0.15) is 5.82 Å². The quantitative estimate of drug-likeness (QED) is 0.642. The molecule has 0 unspecified atom stereocenters. The lowest BCUT2D eigenvalue weighted by Crippen LogP contribution is -1.93. The van der Waals surface area contributed by atoms with Crippen LogP contribution in [0.4, 0.5) is 4.39 Å². The number of aromatic nitrogens is 1. The molecule has 0 radical (unpaired) electrons. The molecule has 1 aromatic rings. The van der Waals surface area contributed by atoms with Crippen molar-refractivity contribution in [3.8, 4) is 5.88 Å². The molecule has 1 rings (SSSR count). The molecule has 0 bridgehead atoms. The first kappa shape index (κ1) is 8.27. The zero-order valence-corrected chi connectivity index (χ0v) is 6.73. The van der Waals surface area contributed by atoms with Crippen LogP contribution < -0.4 is 4.74 Å². The molecule has 4 heteroatoms. The fraction of sp³-hybridized carbons (Fsp3) is 0.286. The van der Waals surface area contributed by atoms with Crippen LogP contribution in [0.2, 0.25) is 0 Å². The molecule has 0 atom stereocenters. The first-order valence-electron chi connectivity index (χ1n) is 3.02. The van der Waals surface area contributed by atoms with Crippen LogP contribution in [-0.2, 0) is 5.88 Å². The Kier molecular flexibility index (Phi) is 2.65. The molecule has 0 saturated heterocycles. The molecule has 0 spiro atoms. The predicted molar refractivity (Wildman–Crippen MR) is 40.3 cm³/mol. The number of nitrogens with zero attached hydrogens (tertiary/aromatic N) is 1. The summed E-state index contributed by atoms with van der Waals surface area (Å²) >= 11 is 5.50. The molecular formula is C7H7ClFNO. The Bertz CT molecular complexity index is 254. The summed E-state index contributed by atoms with van der Waals surface area (Å²) in [5.41, 5.74) is 0.564. The smallest absolute Gasteiger partial charge is 0.217 e. The fourth-order valence-corrected chi connectivity index (χ4v) is 0.940. The molecule has 0 aliphatic carbocycles. The van der Waals surface area contributed by atoms with Crippen molar-refractivity contribution >= 4 is 11.6 Å². The molecule has 60 valence electrons. The van der Waals surface area contributed by atoms with Crippen LogP contribution in [0.1, 0.15) is 5.56 Å². The minimum atomic E-state index is -0.401. The Labute approximate surface area is 69.0 Å². The summed E-state index contributed by atoms with van der Waals surface area (Å²) in [6.07, 6.45) is 1.09. The van der Waals surface area contributed by atoms with Gasteiger partial charge in [-0.2, -0.15) is 0 Å². The van der Waals surface area contributed by atoms with Crippen LogP contribution in [0.3, 0.4) is 0 Å². The van der Waals surface area contributed by atoms with Gasteiger partial charge < -0.3 is 4.74 Å². The second-order valence-corrected chi connectivity index (χ2v) is 2.22. The SMILES string of the molecule is COc1ncc(F)cc1CCl. The molecule has 0 N–H and O–H groups in total. The van der Waals surface area contributed by atoms with Gasteiger partial charge in [-0.25, -0.2) is 9.37 Å². The van der Waals surface area contributed by atoms with Crippen LogP contribution in [0, 0.1) is 5.82 Å². The number of alkyl halides is 1. The highest BCUT2D eigenvalue weighted by Gasteiger charge is 2.03. The lowest BCUT2D eigenvalue weighted by molar-refractivity contribution is 0.392. The maximum Gasteiger partial charge on any atom is 0.217 e. The Morgan fingerprint density at radius 2 is 2.45 bits per heavy atom. The number of hydrogen-bond donors (Lipinski definition) is 0. The van der Waals surface area contributed by atoms with E-state index in [9.17, 15) is 4.39 Å². The van der Waals surface area contributed by atoms with Crippen molar-refractivity contribution in [3.05, 3.63) is 23.6 Å². The van der Waals surface area contributed by atoms with Crippen LogP contribution in [0.5, 0.6) is 5.88 Å². The van der Waals surface area contributed by atoms with Gasteiger partial charge in [0.15, 0.2) is 0 Å². The van der Waals surface area contributed by atoms with Crippen molar-refractivity contribution in [2.45, 2.75) is 5.88 Å². The molecule has 0 aliphatic rings. The Morgan fingerprint density at radius 1 is 1.73 bits per heavy atom. The van der Waals surface area contributed by atoms with Gasteiger partial charge in [0.05, 0.1) is 19.2 Å². The van der Waals surface area contributed by atoms with E-state index in [1.54, 1.807) is 0 Å². The third kappa shape index (κ3) is 1.80. The molecule has 0 saturated carbocycles. The van der Waals surface area contributed by atoms with Crippen LogP contribution >= 0.6 is 11.6 Å². The second-order valence-electron chi connectivity index (χ2n) is 1.96. The number of hydrogen-bond acceptors (Lipinski definition) is 2. The van der Waals surface area contributed by atoms with Gasteiger partial charge in [-0.3, -0.25) is 0 Å². The van der Waals surface area contributed by atoms with Crippen molar-refractivity contribution in [1.29, 1.82) is 0 Å². The van der Waals surface area contributed by atoms with E-state index < -0.39 is 5.82 Å². The van der Waals surface area contributed by atoms with Crippen molar-refractivity contribution in [2.24, 2.45) is 0 Å². The average Bonchev–Trinajstić information content (AvgIpc) is 2.04. The highest BCUT2D eigenvalue weighted by Crippen LogP contribution is 2.17. The average molecular weight is 176 g/mol. The summed E-state index contributed by atoms with van der Waals surface area (Å²) < 4.78 is 17.3. The highest BCUT2D eigenvalue weighted by atomic mass is 35.5. The highest BCUT2D eigenvalue weighted by molar-refractivity contribution is 6.17. The molecule has 2 nitrogen and oxygen atoms in total. The normalized spacial score (nSPS) is 9.73. The zero-order chi connectivity index (χ0) is 8.27. The summed E-state index contributed by atoms with van der Waals surface area (Å²) in [6, 6.07) is 1.30. The molecular weight excluding hydrogens is 169 g/mol. The van der Waals surface area contributed by atoms with Gasteiger partial charge in [-0.05, 0) is 6.07 Å². The van der Waals surface area contributed by atoms with E-state index in [2.05, 4.69) is 4.98 Å². The van der Waals surface area contributed by atoms with Crippen molar-refractivity contribution < 1.29 is 9.13 Å². The number of rotatable bonds is 2. The topological polar surface area (TPSA) is 22.1 Å². The zero-order valence-electron chi connectivity index (χ0n) is 5.97. The third-order valence-electron chi connectivity index (χ3n) is 1.23. The first-order valence-corrected chi connectivity index (χ1v) is 3.55. The molecule has 0 aliphatic heterocycles. The summed E-state index contributed by atoms with van der Waals surface area (Å²) in [5.74, 6) is 0.177. The summed E-state index contributed by atoms with van der Waals surface area (Å²) in [4.78, 5) is 3.69. The standard InChI is InChI=1S/C7H7ClFNO/c1-11-7-5(3-8)2-6(9)4-10-7/h2,4H,3H2,1H3. The second kappa shape index (κ2) is 3.53. The number of pyridine rings is 1. The Morgan fingerprint density at radius 3 is 3.00 bits per heavy atom. The van der Waals surface area contributed by atoms with Crippen LogP contribution in [0.25, 0.3) is 0 Å². The molecule has 0 aromatic carbocycles. The largest absolute Gasteiger partial charge is 0.481 e. The maximum absolute atomic E-state index is 12.5. The third-order valence-corrected chi connectivity index (χ3v) is 1.52. The monoisotopic (exact) mass is 175 g/mol. The lowest BCUT2D eigenvalue weighted by atomic mass is 10.3. The van der Waals surface area contributed by atoms with E-state index in [0.29, 0.717) is 11.4 Å². The number of methoxy groups -OCH3 is 1. The summed E-state index contributed by atoms with van der Waals surface area (Å²) in [7, 11) is 1.47. The predicted octanol–water partition coefficient (Wildman–Crippen LogP) is 1.97. The maximum atomic E-state index is 12.5. The molecule has 1 aromatic heterocycles. The molecule has 1 heterocycles. The van der Waals surface area contributed by atoms with E-state index in [0.717, 1.165) is 6.20 Å². The number of ether oxygens (including phenoxy) is 1. The lowest BCUT2D eigenvalue weighted by Gasteiger charge is -2.02.